The van der Waals surface area contributed by atoms with E-state index in [9.17, 15) is 22.0 Å². The molecule has 8 heteroatoms. The average molecular weight is 549 g/mol. The predicted octanol–water partition coefficient (Wildman–Crippen LogP) is 8.73. The van der Waals surface area contributed by atoms with Crippen molar-refractivity contribution in [1.82, 2.24) is 0 Å². The molecule has 3 aromatic rings. The Kier molecular flexibility index (Phi) is 9.83. The third kappa shape index (κ3) is 6.72. The molecule has 1 fully saturated rings. The van der Waals surface area contributed by atoms with Gasteiger partial charge >= 0.3 is 0 Å². The van der Waals surface area contributed by atoms with Crippen molar-refractivity contribution >= 4 is 0 Å². The minimum Gasteiger partial charge on any atom is -0.491 e. The summed E-state index contributed by atoms with van der Waals surface area (Å²) in [6.45, 7) is 4.50. The fourth-order valence-electron chi connectivity index (χ4n) is 4.96. The van der Waals surface area contributed by atoms with Gasteiger partial charge in [-0.15, -0.1) is 0 Å². The molecule has 210 valence electrons. The standard InChI is InChI=1S/C31H33F5O3/c1-3-6-20-9-11-23(30(35)28(20)33)25-13-8-19(18-39-25)7-5-16-38-27-15-12-22(29(34)31(27)36)21-10-14-26(37-4-2)24(32)17-21/h9-12,14-15,17,19,25H,3-8,13,16,18H2,1-2H3. The minimum atomic E-state index is -1.13. The maximum absolute atomic E-state index is 14.7. The van der Waals surface area contributed by atoms with Gasteiger partial charge in [0.1, 0.15) is 0 Å². The molecule has 0 radical (unpaired) electrons. The molecule has 39 heavy (non-hydrogen) atoms. The van der Waals surface area contributed by atoms with Gasteiger partial charge < -0.3 is 14.2 Å². The first-order valence-electron chi connectivity index (χ1n) is 13.5. The van der Waals surface area contributed by atoms with Crippen LogP contribution < -0.4 is 9.47 Å². The zero-order chi connectivity index (χ0) is 27.9. The predicted molar refractivity (Wildman–Crippen MR) is 139 cm³/mol. The summed E-state index contributed by atoms with van der Waals surface area (Å²) < 4.78 is 89.0. The van der Waals surface area contributed by atoms with Gasteiger partial charge in [-0.05, 0) is 80.3 Å². The summed E-state index contributed by atoms with van der Waals surface area (Å²) in [6.07, 6.45) is 3.40. The van der Waals surface area contributed by atoms with Crippen LogP contribution >= 0.6 is 0 Å². The number of aryl methyl sites for hydroxylation is 1. The van der Waals surface area contributed by atoms with E-state index < -0.39 is 35.2 Å². The van der Waals surface area contributed by atoms with E-state index in [1.807, 2.05) is 6.92 Å². The van der Waals surface area contributed by atoms with Crippen LogP contribution in [0.5, 0.6) is 11.5 Å². The molecule has 2 unspecified atom stereocenters. The summed E-state index contributed by atoms with van der Waals surface area (Å²) in [4.78, 5) is 0. The number of halogens is 5. The first-order valence-corrected chi connectivity index (χ1v) is 13.5. The van der Waals surface area contributed by atoms with Gasteiger partial charge in [-0.3, -0.25) is 0 Å². The van der Waals surface area contributed by atoms with Gasteiger partial charge in [0.25, 0.3) is 0 Å². The van der Waals surface area contributed by atoms with Crippen molar-refractivity contribution in [3.8, 4) is 22.6 Å². The van der Waals surface area contributed by atoms with Gasteiger partial charge in [-0.1, -0.05) is 31.5 Å². The van der Waals surface area contributed by atoms with Crippen LogP contribution in [0.15, 0.2) is 42.5 Å². The summed E-state index contributed by atoms with van der Waals surface area (Å²) in [5.74, 6) is -4.50. The van der Waals surface area contributed by atoms with Crippen molar-refractivity contribution in [2.24, 2.45) is 5.92 Å². The quantitative estimate of drug-likeness (QED) is 0.177. The zero-order valence-corrected chi connectivity index (χ0v) is 22.2. The van der Waals surface area contributed by atoms with Crippen LogP contribution in [0.3, 0.4) is 0 Å². The second-order valence-electron chi connectivity index (χ2n) is 9.77. The van der Waals surface area contributed by atoms with Crippen LogP contribution in [0.4, 0.5) is 22.0 Å². The maximum Gasteiger partial charge on any atom is 0.201 e. The second kappa shape index (κ2) is 13.3. The number of benzene rings is 3. The smallest absolute Gasteiger partial charge is 0.201 e. The van der Waals surface area contributed by atoms with Gasteiger partial charge in [0.05, 0.1) is 25.9 Å². The number of ether oxygens (including phenoxy) is 3. The Labute approximate surface area is 225 Å². The summed E-state index contributed by atoms with van der Waals surface area (Å²) in [5.41, 5.74) is 0.743. The highest BCUT2D eigenvalue weighted by molar-refractivity contribution is 5.66. The number of rotatable bonds is 11. The lowest BCUT2D eigenvalue weighted by atomic mass is 9.91. The lowest BCUT2D eigenvalue weighted by molar-refractivity contribution is -0.0224. The number of hydrogen-bond acceptors (Lipinski definition) is 3. The molecule has 0 bridgehead atoms. The monoisotopic (exact) mass is 548 g/mol. The Morgan fingerprint density at radius 2 is 1.62 bits per heavy atom. The van der Waals surface area contributed by atoms with Gasteiger partial charge in [0, 0.05) is 11.1 Å². The van der Waals surface area contributed by atoms with E-state index >= 15 is 0 Å². The topological polar surface area (TPSA) is 27.7 Å². The first kappa shape index (κ1) is 28.9. The molecule has 1 heterocycles. The lowest BCUT2D eigenvalue weighted by Gasteiger charge is -2.29. The third-order valence-corrected chi connectivity index (χ3v) is 7.03. The second-order valence-corrected chi connectivity index (χ2v) is 9.77. The molecule has 0 aliphatic carbocycles. The van der Waals surface area contributed by atoms with Gasteiger partial charge in [0.15, 0.2) is 34.8 Å². The van der Waals surface area contributed by atoms with Crippen molar-refractivity contribution in [1.29, 1.82) is 0 Å². The van der Waals surface area contributed by atoms with Crippen molar-refractivity contribution in [2.75, 3.05) is 19.8 Å². The van der Waals surface area contributed by atoms with Crippen LogP contribution in [0.2, 0.25) is 0 Å². The molecule has 4 rings (SSSR count). The summed E-state index contributed by atoms with van der Waals surface area (Å²) in [5, 5.41) is 0. The zero-order valence-electron chi connectivity index (χ0n) is 22.2. The summed E-state index contributed by atoms with van der Waals surface area (Å²) >= 11 is 0. The number of hydrogen-bond donors (Lipinski definition) is 0. The molecule has 0 aromatic heterocycles. The van der Waals surface area contributed by atoms with Crippen LogP contribution in [0, 0.1) is 35.0 Å². The summed E-state index contributed by atoms with van der Waals surface area (Å²) in [6, 6.07) is 9.89. The van der Waals surface area contributed by atoms with Gasteiger partial charge in [-0.25, -0.2) is 17.6 Å². The molecule has 3 aromatic carbocycles. The summed E-state index contributed by atoms with van der Waals surface area (Å²) in [7, 11) is 0. The van der Waals surface area contributed by atoms with Crippen LogP contribution in [-0.2, 0) is 11.2 Å². The van der Waals surface area contributed by atoms with Crippen LogP contribution in [0.1, 0.15) is 63.2 Å². The Morgan fingerprint density at radius 1 is 0.821 bits per heavy atom. The van der Waals surface area contributed by atoms with E-state index in [4.69, 9.17) is 14.2 Å². The maximum atomic E-state index is 14.7. The van der Waals surface area contributed by atoms with E-state index in [-0.39, 0.29) is 47.3 Å². The molecule has 3 nitrogen and oxygen atoms in total. The molecule has 1 aliphatic rings. The van der Waals surface area contributed by atoms with Crippen molar-refractivity contribution in [3.05, 3.63) is 82.7 Å². The largest absolute Gasteiger partial charge is 0.491 e. The Hall–Kier alpha value is -3.13. The molecule has 1 aliphatic heterocycles. The fourth-order valence-corrected chi connectivity index (χ4v) is 4.96. The Bertz CT molecular complexity index is 1270. The SMILES string of the molecule is CCCc1ccc(C2CCC(CCCOc3ccc(-c4ccc(OCC)c(F)c4)c(F)c3F)CO2)c(F)c1F. The molecular weight excluding hydrogens is 515 g/mol. The molecule has 1 saturated heterocycles. The molecule has 0 saturated carbocycles. The minimum absolute atomic E-state index is 0.0445. The van der Waals surface area contributed by atoms with Gasteiger partial charge in [0.2, 0.25) is 5.82 Å². The molecule has 2 atom stereocenters. The van der Waals surface area contributed by atoms with Crippen molar-refractivity contribution in [2.45, 2.75) is 58.5 Å². The van der Waals surface area contributed by atoms with E-state index in [2.05, 4.69) is 0 Å². The first-order chi connectivity index (χ1) is 18.8. The van der Waals surface area contributed by atoms with E-state index in [1.165, 1.54) is 24.3 Å². The van der Waals surface area contributed by atoms with E-state index in [0.717, 1.165) is 25.3 Å². The third-order valence-electron chi connectivity index (χ3n) is 7.03. The normalized spacial score (nSPS) is 17.3. The fraction of sp³-hybridized carbons (Fsp3) is 0.419. The highest BCUT2D eigenvalue weighted by atomic mass is 19.2. The van der Waals surface area contributed by atoms with Crippen LogP contribution in [0.25, 0.3) is 11.1 Å². The molecular formula is C31H33F5O3. The molecule has 0 N–H and O–H groups in total. The molecule has 0 spiro atoms. The van der Waals surface area contributed by atoms with Gasteiger partial charge in [-0.2, -0.15) is 4.39 Å². The van der Waals surface area contributed by atoms with Crippen molar-refractivity contribution < 1.29 is 36.2 Å². The Balaban J connectivity index is 1.26. The highest BCUT2D eigenvalue weighted by Crippen LogP contribution is 2.36. The lowest BCUT2D eigenvalue weighted by Crippen LogP contribution is -2.22. The molecule has 0 amide bonds. The van der Waals surface area contributed by atoms with Crippen molar-refractivity contribution in [3.63, 3.8) is 0 Å². The highest BCUT2D eigenvalue weighted by Gasteiger charge is 2.27. The van der Waals surface area contributed by atoms with E-state index in [0.29, 0.717) is 31.4 Å². The Morgan fingerprint density at radius 3 is 2.31 bits per heavy atom. The van der Waals surface area contributed by atoms with Crippen LogP contribution in [-0.4, -0.2) is 19.8 Å². The van der Waals surface area contributed by atoms with E-state index in [1.54, 1.807) is 19.1 Å². The average Bonchev–Trinajstić information content (AvgIpc) is 2.93.